The van der Waals surface area contributed by atoms with Crippen LogP contribution < -0.4 is 5.73 Å². The molecule has 152 valence electrons. The number of fused-ring (bicyclic) bond motifs is 1. The summed E-state index contributed by atoms with van der Waals surface area (Å²) >= 11 is 0. The summed E-state index contributed by atoms with van der Waals surface area (Å²) in [5.74, 6) is -0.573. The van der Waals surface area contributed by atoms with Crippen molar-refractivity contribution in [2.45, 2.75) is 26.0 Å². The maximum atomic E-state index is 12.8. The summed E-state index contributed by atoms with van der Waals surface area (Å²) in [5, 5.41) is -0.672. The fraction of sp³-hybridized carbons (Fsp3) is 0.238. The molecule has 1 aromatic heterocycles. The van der Waals surface area contributed by atoms with Gasteiger partial charge in [-0.2, -0.15) is 0 Å². The van der Waals surface area contributed by atoms with E-state index in [1.807, 2.05) is 30.3 Å². The molecule has 0 unspecified atom stereocenters. The van der Waals surface area contributed by atoms with Gasteiger partial charge in [0.2, 0.25) is 16.0 Å². The quantitative estimate of drug-likeness (QED) is 0.492. The summed E-state index contributed by atoms with van der Waals surface area (Å²) in [6.45, 7) is 5.16. The smallest absolute Gasteiger partial charge is 0.331 e. The van der Waals surface area contributed by atoms with E-state index in [9.17, 15) is 13.2 Å². The topological polar surface area (TPSA) is 104 Å². The molecule has 3 rings (SSSR count). The predicted molar refractivity (Wildman–Crippen MR) is 114 cm³/mol. The van der Waals surface area contributed by atoms with Gasteiger partial charge in [0.05, 0.1) is 22.9 Å². The monoisotopic (exact) mass is 413 g/mol. The number of carbonyl (C=O) groups excluding carboxylic acids is 1. The van der Waals surface area contributed by atoms with Crippen molar-refractivity contribution in [1.82, 2.24) is 8.96 Å². The number of rotatable bonds is 6. The van der Waals surface area contributed by atoms with Gasteiger partial charge in [0.25, 0.3) is 0 Å². The summed E-state index contributed by atoms with van der Waals surface area (Å²) < 4.78 is 31.7. The first-order valence-corrected chi connectivity index (χ1v) is 10.7. The van der Waals surface area contributed by atoms with Gasteiger partial charge < -0.3 is 10.5 Å². The van der Waals surface area contributed by atoms with Gasteiger partial charge >= 0.3 is 5.97 Å². The maximum absolute atomic E-state index is 12.8. The third-order valence-corrected chi connectivity index (χ3v) is 6.52. The first-order valence-electron chi connectivity index (χ1n) is 9.22. The number of nitrogens with zero attached hydrogens (tertiary/aromatic N) is 2. The number of nitrogens with two attached hydrogens (primary N) is 1. The Morgan fingerprint density at radius 1 is 1.17 bits per heavy atom. The molecule has 0 aliphatic carbocycles. The number of aromatic nitrogens is 2. The van der Waals surface area contributed by atoms with Crippen molar-refractivity contribution in [3.05, 3.63) is 65.7 Å². The number of benzene rings is 2. The van der Waals surface area contributed by atoms with Crippen LogP contribution in [0.25, 0.3) is 16.6 Å². The molecular formula is C21H23N3O4S. The fourth-order valence-electron chi connectivity index (χ4n) is 2.97. The van der Waals surface area contributed by atoms with Crippen LogP contribution >= 0.6 is 0 Å². The van der Waals surface area contributed by atoms with E-state index in [4.69, 9.17) is 10.5 Å². The first kappa shape index (κ1) is 20.6. The van der Waals surface area contributed by atoms with Crippen LogP contribution in [0.2, 0.25) is 0 Å². The van der Waals surface area contributed by atoms with Gasteiger partial charge in [0, 0.05) is 6.08 Å². The zero-order valence-corrected chi connectivity index (χ0v) is 17.3. The van der Waals surface area contributed by atoms with Gasteiger partial charge in [0.1, 0.15) is 0 Å². The Morgan fingerprint density at radius 2 is 1.86 bits per heavy atom. The highest BCUT2D eigenvalue weighted by molar-refractivity contribution is 7.90. The van der Waals surface area contributed by atoms with Crippen molar-refractivity contribution in [2.75, 3.05) is 12.3 Å². The van der Waals surface area contributed by atoms with Crippen LogP contribution in [0.15, 0.2) is 54.6 Å². The van der Waals surface area contributed by atoms with E-state index in [1.165, 1.54) is 6.08 Å². The van der Waals surface area contributed by atoms with Gasteiger partial charge in [-0.1, -0.05) is 36.4 Å². The zero-order valence-electron chi connectivity index (χ0n) is 16.5. The minimum Gasteiger partial charge on any atom is -0.463 e. The Hall–Kier alpha value is -3.13. The summed E-state index contributed by atoms with van der Waals surface area (Å²) in [7, 11) is -3.71. The van der Waals surface area contributed by atoms with Crippen molar-refractivity contribution in [2.24, 2.45) is 0 Å². The van der Waals surface area contributed by atoms with Crippen LogP contribution in [0.4, 0.5) is 5.95 Å². The third kappa shape index (κ3) is 4.02. The van der Waals surface area contributed by atoms with Crippen molar-refractivity contribution >= 4 is 38.5 Å². The van der Waals surface area contributed by atoms with E-state index in [0.717, 1.165) is 9.54 Å². The zero-order chi connectivity index (χ0) is 21.2. The molecule has 0 spiro atoms. The predicted octanol–water partition coefficient (Wildman–Crippen LogP) is 3.20. The third-order valence-electron chi connectivity index (χ3n) is 4.43. The second kappa shape index (κ2) is 8.08. The lowest BCUT2D eigenvalue weighted by atomic mass is 9.97. The molecule has 0 aliphatic rings. The van der Waals surface area contributed by atoms with Gasteiger partial charge in [-0.3, -0.25) is 0 Å². The minimum absolute atomic E-state index is 0.0958. The molecule has 3 aromatic rings. The van der Waals surface area contributed by atoms with E-state index in [0.29, 0.717) is 22.2 Å². The van der Waals surface area contributed by atoms with Crippen molar-refractivity contribution in [1.29, 1.82) is 0 Å². The van der Waals surface area contributed by atoms with Crippen LogP contribution in [0.3, 0.4) is 0 Å². The summed E-state index contributed by atoms with van der Waals surface area (Å²) in [6, 6.07) is 14.5. The van der Waals surface area contributed by atoms with Crippen LogP contribution in [-0.2, 0) is 19.6 Å². The fourth-order valence-corrected chi connectivity index (χ4v) is 4.12. The molecule has 0 radical (unpaired) electrons. The molecule has 29 heavy (non-hydrogen) atoms. The Bertz CT molecular complexity index is 1180. The first-order chi connectivity index (χ1) is 13.8. The summed E-state index contributed by atoms with van der Waals surface area (Å²) in [4.78, 5) is 16.3. The second-order valence-corrected chi connectivity index (χ2v) is 9.05. The van der Waals surface area contributed by atoms with E-state index in [2.05, 4.69) is 4.98 Å². The molecule has 2 aromatic carbocycles. The summed E-state index contributed by atoms with van der Waals surface area (Å²) in [5.41, 5.74) is 8.79. The Labute approximate surface area is 169 Å². The normalized spacial score (nSPS) is 12.5. The lowest BCUT2D eigenvalue weighted by Gasteiger charge is -2.13. The van der Waals surface area contributed by atoms with E-state index < -0.39 is 21.2 Å². The number of nitrogen functional groups attached to an aromatic ring is 1. The van der Waals surface area contributed by atoms with Crippen molar-refractivity contribution in [3.63, 3.8) is 0 Å². The average molecular weight is 413 g/mol. The van der Waals surface area contributed by atoms with E-state index in [-0.39, 0.29) is 12.6 Å². The second-order valence-electron chi connectivity index (χ2n) is 6.71. The number of anilines is 1. The molecule has 8 heteroatoms. The Morgan fingerprint density at radius 3 is 2.48 bits per heavy atom. The molecule has 0 atom stereocenters. The van der Waals surface area contributed by atoms with Gasteiger partial charge in [-0.15, -0.1) is 0 Å². The molecule has 2 N–H and O–H groups in total. The lowest BCUT2D eigenvalue weighted by Crippen LogP contribution is -2.23. The number of imidazole rings is 1. The highest BCUT2D eigenvalue weighted by Gasteiger charge is 2.25. The molecule has 0 saturated heterocycles. The largest absolute Gasteiger partial charge is 0.463 e. The van der Waals surface area contributed by atoms with Gasteiger partial charge in [0.15, 0.2) is 0 Å². The highest BCUT2D eigenvalue weighted by Crippen LogP contribution is 2.29. The van der Waals surface area contributed by atoms with Crippen LogP contribution in [0, 0.1) is 0 Å². The lowest BCUT2D eigenvalue weighted by molar-refractivity contribution is -0.137. The molecule has 0 bridgehead atoms. The highest BCUT2D eigenvalue weighted by atomic mass is 32.2. The molecule has 0 saturated carbocycles. The molecule has 0 aliphatic heterocycles. The van der Waals surface area contributed by atoms with Crippen LogP contribution in [-0.4, -0.2) is 35.2 Å². The Balaban J connectivity index is 2.25. The number of ether oxygens (including phenoxy) is 1. The number of hydrogen-bond donors (Lipinski definition) is 1. The molecule has 1 heterocycles. The van der Waals surface area contributed by atoms with Crippen LogP contribution in [0.1, 0.15) is 31.9 Å². The van der Waals surface area contributed by atoms with Crippen molar-refractivity contribution < 1.29 is 17.9 Å². The molecule has 0 amide bonds. The van der Waals surface area contributed by atoms with Gasteiger partial charge in [-0.25, -0.2) is 22.2 Å². The number of carbonyl (C=O) groups is 1. The van der Waals surface area contributed by atoms with Gasteiger partial charge in [-0.05, 0) is 49.6 Å². The van der Waals surface area contributed by atoms with E-state index in [1.54, 1.807) is 39.0 Å². The number of esters is 1. The standard InChI is InChI=1S/C21H23N3O4S/c1-4-28-20(25)13-17(15-8-6-5-7-9-15)16-10-11-18-19(12-16)24(21(22)23-18)29(26,27)14(2)3/h5-14H,4H2,1-3H3,(H2,22,23). The maximum Gasteiger partial charge on any atom is 0.331 e. The Kier molecular flexibility index (Phi) is 5.74. The minimum atomic E-state index is -3.71. The summed E-state index contributed by atoms with van der Waals surface area (Å²) in [6.07, 6.45) is 1.40. The molecule has 7 nitrogen and oxygen atoms in total. The number of hydrogen-bond acceptors (Lipinski definition) is 6. The SMILES string of the molecule is CCOC(=O)C=C(c1ccccc1)c1ccc2nc(N)n(S(=O)(=O)C(C)C)c2c1. The van der Waals surface area contributed by atoms with Crippen molar-refractivity contribution in [3.8, 4) is 0 Å². The molecular weight excluding hydrogens is 390 g/mol. The van der Waals surface area contributed by atoms with E-state index >= 15 is 0 Å². The average Bonchev–Trinajstić information content (AvgIpc) is 3.02. The molecule has 0 fully saturated rings. The van der Waals surface area contributed by atoms with Crippen LogP contribution in [0.5, 0.6) is 0 Å².